The molecule has 1 spiro atoms. The van der Waals surface area contributed by atoms with Gasteiger partial charge in [0.2, 0.25) is 0 Å². The summed E-state index contributed by atoms with van der Waals surface area (Å²) in [6.07, 6.45) is 44.2. The molecule has 9 atom stereocenters. The molecule has 2 aliphatic heterocycles. The molecule has 0 aromatic heterocycles. The van der Waals surface area contributed by atoms with Crippen LogP contribution in [0.1, 0.15) is 215 Å². The van der Waals surface area contributed by atoms with Crippen LogP contribution in [0.15, 0.2) is 23.8 Å². The second kappa shape index (κ2) is 28.2. The lowest BCUT2D eigenvalue weighted by atomic mass is 9.47. The van der Waals surface area contributed by atoms with Crippen LogP contribution in [0.3, 0.4) is 0 Å². The predicted molar refractivity (Wildman–Crippen MR) is 273 cm³/mol. The van der Waals surface area contributed by atoms with Gasteiger partial charge in [0.25, 0.3) is 0 Å². The molecule has 6 aliphatic rings. The van der Waals surface area contributed by atoms with Crippen LogP contribution >= 0.6 is 0 Å². The fourth-order valence-electron chi connectivity index (χ4n) is 14.4. The highest BCUT2D eigenvalue weighted by Crippen LogP contribution is 2.67. The molecule has 0 aromatic rings. The molecule has 3 saturated carbocycles. The van der Waals surface area contributed by atoms with Crippen molar-refractivity contribution in [3.63, 3.8) is 0 Å². The number of hydrogen-bond acceptors (Lipinski definition) is 6. The van der Waals surface area contributed by atoms with Gasteiger partial charge >= 0.3 is 0 Å². The van der Waals surface area contributed by atoms with E-state index >= 15 is 0 Å². The first-order valence-corrected chi connectivity index (χ1v) is 28.7. The molecule has 6 nitrogen and oxygen atoms in total. The van der Waals surface area contributed by atoms with Gasteiger partial charge in [0.1, 0.15) is 0 Å². The number of hydrogen-bond donors (Lipinski definition) is 0. The first kappa shape index (κ1) is 53.6. The fraction of sp³-hybridized carbons (Fsp3) is 0.932. The average molecular weight is 908 g/mol. The molecule has 0 radical (unpaired) electrons. The molecular formula is C59H105NO5. The third kappa shape index (κ3) is 16.1. The second-order valence-electron chi connectivity index (χ2n) is 23.9. The molecule has 6 rings (SSSR count). The topological polar surface area (TPSA) is 49.4 Å². The summed E-state index contributed by atoms with van der Waals surface area (Å²) in [6, 6.07) is 0. The maximum Gasteiger partial charge on any atom is 0.0936 e. The molecule has 0 amide bonds. The summed E-state index contributed by atoms with van der Waals surface area (Å²) in [7, 11) is 0. The smallest absolute Gasteiger partial charge is 0.0936 e. The van der Waals surface area contributed by atoms with Gasteiger partial charge in [-0.05, 0) is 156 Å². The molecule has 0 aromatic carbocycles. The predicted octanol–water partition coefficient (Wildman–Crippen LogP) is 15.0. The van der Waals surface area contributed by atoms with Gasteiger partial charge in [-0.1, -0.05) is 142 Å². The zero-order valence-electron chi connectivity index (χ0n) is 43.7. The standard InChI is InChI=1S/C59H105NO5/c1-7-8-9-10-11-12-13-14-15-16-17-18-19-20-21-22-38-62-45-52(44-60-36-34-59(35-37-60)46-63-47-59)65-42-40-61-39-41-64-51-30-32-57(5)50(43-51)26-27-53-55-29-28-54(49(4)25-23-24-48(2)3)58(55,6)33-31-56(53)57/h14-15,26,48-49,51-56H,7-13,16-25,27-47H2,1-6H3/b15-14-/t49-,51-,52?,53-,54?,55-,56-,57-,58+/m0/s1. The molecule has 65 heavy (non-hydrogen) atoms. The van der Waals surface area contributed by atoms with Gasteiger partial charge in [0.15, 0.2) is 0 Å². The number of likely N-dealkylation sites (tertiary alicyclic amines) is 1. The Balaban J connectivity index is 0.823. The Bertz CT molecular complexity index is 1350. The van der Waals surface area contributed by atoms with Gasteiger partial charge in [-0.15, -0.1) is 0 Å². The van der Waals surface area contributed by atoms with E-state index in [0.717, 1.165) is 87.8 Å². The zero-order chi connectivity index (χ0) is 45.8. The first-order valence-electron chi connectivity index (χ1n) is 28.7. The van der Waals surface area contributed by atoms with E-state index in [1.165, 1.54) is 161 Å². The molecule has 0 bridgehead atoms. The van der Waals surface area contributed by atoms with Crippen LogP contribution < -0.4 is 0 Å². The van der Waals surface area contributed by atoms with E-state index in [9.17, 15) is 0 Å². The van der Waals surface area contributed by atoms with Crippen LogP contribution in [0, 0.1) is 51.8 Å². The molecule has 376 valence electrons. The van der Waals surface area contributed by atoms with E-state index in [-0.39, 0.29) is 6.10 Å². The summed E-state index contributed by atoms with van der Waals surface area (Å²) in [5.74, 6) is 5.35. The van der Waals surface area contributed by atoms with Gasteiger partial charge in [-0.25, -0.2) is 0 Å². The second-order valence-corrected chi connectivity index (χ2v) is 23.9. The maximum absolute atomic E-state index is 6.55. The van der Waals surface area contributed by atoms with Crippen molar-refractivity contribution >= 4 is 0 Å². The third-order valence-electron chi connectivity index (χ3n) is 18.7. The van der Waals surface area contributed by atoms with Crippen molar-refractivity contribution in [1.82, 2.24) is 4.90 Å². The van der Waals surface area contributed by atoms with Crippen molar-refractivity contribution in [3.05, 3.63) is 23.8 Å². The number of allylic oxidation sites excluding steroid dienone is 3. The summed E-state index contributed by atoms with van der Waals surface area (Å²) in [5, 5.41) is 0. The van der Waals surface area contributed by atoms with Crippen LogP contribution in [0.5, 0.6) is 0 Å². The Kier molecular flexibility index (Phi) is 23.2. The van der Waals surface area contributed by atoms with Gasteiger partial charge in [-0.3, -0.25) is 0 Å². The number of fused-ring (bicyclic) bond motifs is 5. The summed E-state index contributed by atoms with van der Waals surface area (Å²) in [4.78, 5) is 2.60. The minimum Gasteiger partial charge on any atom is -0.380 e. The number of nitrogens with zero attached hydrogens (tertiary/aromatic N) is 1. The molecule has 4 aliphatic carbocycles. The Morgan fingerprint density at radius 1 is 0.708 bits per heavy atom. The average Bonchev–Trinajstić information content (AvgIpc) is 3.65. The van der Waals surface area contributed by atoms with E-state index in [0.29, 0.717) is 55.4 Å². The van der Waals surface area contributed by atoms with E-state index < -0.39 is 0 Å². The Morgan fingerprint density at radius 2 is 1.42 bits per heavy atom. The molecule has 5 fully saturated rings. The monoisotopic (exact) mass is 908 g/mol. The molecule has 2 unspecified atom stereocenters. The molecule has 6 heteroatoms. The van der Waals surface area contributed by atoms with E-state index in [2.05, 4.69) is 64.7 Å². The quantitative estimate of drug-likeness (QED) is 0.0483. The number of rotatable bonds is 33. The highest BCUT2D eigenvalue weighted by molar-refractivity contribution is 5.25. The van der Waals surface area contributed by atoms with Gasteiger partial charge in [0, 0.05) is 18.6 Å². The van der Waals surface area contributed by atoms with E-state index in [1.807, 2.05) is 0 Å². The third-order valence-corrected chi connectivity index (χ3v) is 18.7. The van der Waals surface area contributed by atoms with Gasteiger partial charge in [-0.2, -0.15) is 0 Å². The van der Waals surface area contributed by atoms with Crippen molar-refractivity contribution in [2.24, 2.45) is 51.8 Å². The minimum absolute atomic E-state index is 0.0895. The van der Waals surface area contributed by atoms with Crippen molar-refractivity contribution in [1.29, 1.82) is 0 Å². The Labute approximate surface area is 402 Å². The highest BCUT2D eigenvalue weighted by Gasteiger charge is 2.59. The largest absolute Gasteiger partial charge is 0.380 e. The summed E-state index contributed by atoms with van der Waals surface area (Å²) in [6.45, 7) is 24.3. The fourth-order valence-corrected chi connectivity index (χ4v) is 14.4. The van der Waals surface area contributed by atoms with E-state index in [1.54, 1.807) is 5.57 Å². The summed E-state index contributed by atoms with van der Waals surface area (Å²) >= 11 is 0. The first-order chi connectivity index (χ1) is 31.7. The van der Waals surface area contributed by atoms with Crippen molar-refractivity contribution in [2.75, 3.05) is 72.5 Å². The lowest BCUT2D eigenvalue weighted by Gasteiger charge is -2.58. The van der Waals surface area contributed by atoms with Gasteiger partial charge < -0.3 is 28.6 Å². The molecule has 2 saturated heterocycles. The number of ether oxygens (including phenoxy) is 5. The molecule has 0 N–H and O–H groups in total. The van der Waals surface area contributed by atoms with Crippen molar-refractivity contribution in [3.8, 4) is 0 Å². The summed E-state index contributed by atoms with van der Waals surface area (Å²) < 4.78 is 31.0. The maximum atomic E-state index is 6.55. The lowest BCUT2D eigenvalue weighted by molar-refractivity contribution is -0.143. The molecule has 2 heterocycles. The minimum atomic E-state index is 0.0895. The number of piperidine rings is 1. The highest BCUT2D eigenvalue weighted by atomic mass is 16.6. The van der Waals surface area contributed by atoms with Crippen LogP contribution in [0.4, 0.5) is 0 Å². The van der Waals surface area contributed by atoms with Crippen LogP contribution in [0.25, 0.3) is 0 Å². The van der Waals surface area contributed by atoms with Crippen molar-refractivity contribution < 1.29 is 23.7 Å². The Hall–Kier alpha value is -0.760. The van der Waals surface area contributed by atoms with Crippen LogP contribution in [-0.4, -0.2) is 89.6 Å². The zero-order valence-corrected chi connectivity index (χ0v) is 43.7. The van der Waals surface area contributed by atoms with Crippen LogP contribution in [-0.2, 0) is 23.7 Å². The van der Waals surface area contributed by atoms with Crippen molar-refractivity contribution in [2.45, 2.75) is 227 Å². The van der Waals surface area contributed by atoms with Crippen LogP contribution in [0.2, 0.25) is 0 Å². The lowest BCUT2D eigenvalue weighted by Crippen LogP contribution is -2.52. The van der Waals surface area contributed by atoms with Gasteiger partial charge in [0.05, 0.1) is 58.5 Å². The molecular weight excluding hydrogens is 803 g/mol. The summed E-state index contributed by atoms with van der Waals surface area (Å²) in [5.41, 5.74) is 3.13. The number of unbranched alkanes of at least 4 members (excludes halogenated alkanes) is 12. The SMILES string of the molecule is CCCCCCCC/C=C\CCCCCCCCOCC(CN1CCC2(CC1)COC2)OCCOCCO[C@H]1CC[C@@]2(C)C(=CC[C@@H]3[C@@H]2CC[C@]2(C)C([C@@H](C)CCCC(C)C)CC[C@@H]32)C1. The normalized spacial score (nSPS) is 30.9. The van der Waals surface area contributed by atoms with E-state index in [4.69, 9.17) is 23.7 Å². The Morgan fingerprint density at radius 3 is 2.12 bits per heavy atom.